The van der Waals surface area contributed by atoms with Gasteiger partial charge in [-0.3, -0.25) is 9.59 Å². The highest BCUT2D eigenvalue weighted by molar-refractivity contribution is 8.00. The molecular weight excluding hydrogens is 418 g/mol. The van der Waals surface area contributed by atoms with Gasteiger partial charge in [0, 0.05) is 53.7 Å². The molecule has 1 aromatic heterocycles. The number of amides is 1. The Balaban J connectivity index is 1.52. The molecule has 0 radical (unpaired) electrons. The fourth-order valence-electron chi connectivity index (χ4n) is 3.32. The number of para-hydroxylation sites is 1. The van der Waals surface area contributed by atoms with Gasteiger partial charge in [-0.25, -0.2) is 0 Å². The molecule has 3 aromatic rings. The predicted molar refractivity (Wildman–Crippen MR) is 127 cm³/mol. The summed E-state index contributed by atoms with van der Waals surface area (Å²) in [5.74, 6) is 0.212. The van der Waals surface area contributed by atoms with Crippen LogP contribution in [0.25, 0.3) is 10.9 Å². The molecule has 0 aliphatic heterocycles. The van der Waals surface area contributed by atoms with Crippen LogP contribution in [0.1, 0.15) is 13.3 Å². The van der Waals surface area contributed by atoms with Gasteiger partial charge in [-0.15, -0.1) is 11.8 Å². The van der Waals surface area contributed by atoms with Crippen LogP contribution in [0, 0.1) is 0 Å². The number of fused-ring (bicyclic) bond motifs is 1. The maximum absolute atomic E-state index is 12.3. The summed E-state index contributed by atoms with van der Waals surface area (Å²) in [6.45, 7) is 4.55. The van der Waals surface area contributed by atoms with Gasteiger partial charge in [0.1, 0.15) is 0 Å². The summed E-state index contributed by atoms with van der Waals surface area (Å²) in [4.78, 5) is 27.6. The van der Waals surface area contributed by atoms with Crippen molar-refractivity contribution < 1.29 is 4.79 Å². The molecule has 158 valence electrons. The number of rotatable bonds is 9. The molecule has 0 aliphatic rings. The van der Waals surface area contributed by atoms with Crippen LogP contribution in [0.3, 0.4) is 0 Å². The van der Waals surface area contributed by atoms with E-state index in [9.17, 15) is 9.59 Å². The number of carbonyl (C=O) groups is 1. The van der Waals surface area contributed by atoms with E-state index in [2.05, 4.69) is 29.3 Å². The fourth-order valence-corrected chi connectivity index (χ4v) is 4.39. The Hall–Kier alpha value is -2.44. The van der Waals surface area contributed by atoms with Crippen molar-refractivity contribution in [2.75, 3.05) is 30.3 Å². The Labute approximate surface area is 186 Å². The number of carbonyl (C=O) groups excluding carboxylic acids is 1. The lowest BCUT2D eigenvalue weighted by atomic mass is 10.2. The number of hydrogen-bond acceptors (Lipinski definition) is 4. The third-order valence-electron chi connectivity index (χ3n) is 4.96. The van der Waals surface area contributed by atoms with Gasteiger partial charge in [0.15, 0.2) is 0 Å². The van der Waals surface area contributed by atoms with E-state index in [1.54, 1.807) is 23.7 Å². The van der Waals surface area contributed by atoms with Crippen LogP contribution < -0.4 is 15.8 Å². The smallest absolute Gasteiger partial charge is 0.251 e. The van der Waals surface area contributed by atoms with Gasteiger partial charge < -0.3 is 14.8 Å². The molecule has 7 heteroatoms. The van der Waals surface area contributed by atoms with E-state index in [0.717, 1.165) is 35.3 Å². The molecule has 1 amide bonds. The minimum atomic E-state index is -0.103. The average molecular weight is 444 g/mol. The number of anilines is 1. The Morgan fingerprint density at radius 1 is 1.17 bits per heavy atom. The zero-order valence-electron chi connectivity index (χ0n) is 17.2. The van der Waals surface area contributed by atoms with Crippen LogP contribution in [0.2, 0.25) is 5.02 Å². The monoisotopic (exact) mass is 443 g/mol. The maximum atomic E-state index is 12.3. The summed E-state index contributed by atoms with van der Waals surface area (Å²) in [5, 5.41) is 4.46. The lowest BCUT2D eigenvalue weighted by molar-refractivity contribution is -0.118. The first-order chi connectivity index (χ1) is 14.5. The van der Waals surface area contributed by atoms with Gasteiger partial charge in [0.2, 0.25) is 5.91 Å². The first kappa shape index (κ1) is 22.2. The summed E-state index contributed by atoms with van der Waals surface area (Å²) in [6, 6.07) is 17.3. The number of nitrogens with zero attached hydrogens (tertiary/aromatic N) is 2. The number of halogens is 1. The summed E-state index contributed by atoms with van der Waals surface area (Å²) < 4.78 is 1.59. The molecule has 0 spiro atoms. The summed E-state index contributed by atoms with van der Waals surface area (Å²) in [6.07, 6.45) is 0.865. The molecule has 0 saturated heterocycles. The molecule has 0 saturated carbocycles. The molecule has 30 heavy (non-hydrogen) atoms. The third-order valence-corrected chi connectivity index (χ3v) is 6.25. The van der Waals surface area contributed by atoms with Gasteiger partial charge in [-0.05, 0) is 43.7 Å². The Morgan fingerprint density at radius 2 is 1.93 bits per heavy atom. The van der Waals surface area contributed by atoms with Crippen molar-refractivity contribution in [2.24, 2.45) is 7.05 Å². The van der Waals surface area contributed by atoms with E-state index in [4.69, 9.17) is 11.6 Å². The number of hydrogen-bond donors (Lipinski definition) is 1. The molecule has 0 atom stereocenters. The zero-order valence-corrected chi connectivity index (χ0v) is 18.8. The van der Waals surface area contributed by atoms with Crippen molar-refractivity contribution >= 4 is 45.9 Å². The summed E-state index contributed by atoms with van der Waals surface area (Å²) in [7, 11) is 1.73. The Kier molecular flexibility index (Phi) is 7.82. The van der Waals surface area contributed by atoms with Gasteiger partial charge in [0.05, 0.1) is 11.3 Å². The highest BCUT2D eigenvalue weighted by Crippen LogP contribution is 2.28. The Morgan fingerprint density at radius 3 is 2.67 bits per heavy atom. The standard InChI is InChI=1S/C23H26ClN3O2S/c1-3-27(18-8-5-4-6-9-18)13-7-12-25-22(28)16-30-21-15-23(29)26(2)20-11-10-17(24)14-19(20)21/h4-6,8-11,14-15H,3,7,12-13,16H2,1-2H3,(H,25,28). The van der Waals surface area contributed by atoms with Crippen LogP contribution in [0.4, 0.5) is 5.69 Å². The molecule has 5 nitrogen and oxygen atoms in total. The van der Waals surface area contributed by atoms with E-state index < -0.39 is 0 Å². The van der Waals surface area contributed by atoms with E-state index in [1.165, 1.54) is 17.4 Å². The molecule has 0 unspecified atom stereocenters. The fraction of sp³-hybridized carbons (Fsp3) is 0.304. The lowest BCUT2D eigenvalue weighted by Gasteiger charge is -2.23. The highest BCUT2D eigenvalue weighted by atomic mass is 35.5. The number of aryl methyl sites for hydroxylation is 1. The van der Waals surface area contributed by atoms with Crippen molar-refractivity contribution in [1.29, 1.82) is 0 Å². The number of nitrogens with one attached hydrogen (secondary N) is 1. The summed E-state index contributed by atoms with van der Waals surface area (Å²) >= 11 is 7.49. The quantitative estimate of drug-likeness (QED) is 0.395. The van der Waals surface area contributed by atoms with Gasteiger partial charge in [-0.1, -0.05) is 29.8 Å². The lowest BCUT2D eigenvalue weighted by Crippen LogP contribution is -2.30. The van der Waals surface area contributed by atoms with Crippen LogP contribution in [0.15, 0.2) is 64.3 Å². The van der Waals surface area contributed by atoms with E-state index in [0.29, 0.717) is 11.6 Å². The number of thioether (sulfide) groups is 1. The number of pyridine rings is 1. The van der Waals surface area contributed by atoms with Crippen molar-refractivity contribution in [3.8, 4) is 0 Å². The number of benzene rings is 2. The van der Waals surface area contributed by atoms with Crippen LogP contribution in [-0.2, 0) is 11.8 Å². The van der Waals surface area contributed by atoms with Crippen molar-refractivity contribution in [3.63, 3.8) is 0 Å². The van der Waals surface area contributed by atoms with E-state index in [1.807, 2.05) is 30.3 Å². The largest absolute Gasteiger partial charge is 0.372 e. The van der Waals surface area contributed by atoms with Crippen LogP contribution in [0.5, 0.6) is 0 Å². The number of aromatic nitrogens is 1. The Bertz CT molecular complexity index is 1070. The van der Waals surface area contributed by atoms with Gasteiger partial charge >= 0.3 is 0 Å². The third kappa shape index (κ3) is 5.58. The first-order valence-electron chi connectivity index (χ1n) is 9.98. The predicted octanol–water partition coefficient (Wildman–Crippen LogP) is 4.32. The average Bonchev–Trinajstić information content (AvgIpc) is 2.76. The maximum Gasteiger partial charge on any atom is 0.251 e. The molecule has 1 heterocycles. The molecule has 0 fully saturated rings. The second-order valence-electron chi connectivity index (χ2n) is 6.97. The van der Waals surface area contributed by atoms with Crippen molar-refractivity contribution in [1.82, 2.24) is 9.88 Å². The molecular formula is C23H26ClN3O2S. The summed E-state index contributed by atoms with van der Waals surface area (Å²) in [5.41, 5.74) is 1.89. The van der Waals surface area contributed by atoms with Crippen molar-refractivity contribution in [3.05, 3.63) is 70.0 Å². The molecule has 0 aliphatic carbocycles. The van der Waals surface area contributed by atoms with Crippen molar-refractivity contribution in [2.45, 2.75) is 18.2 Å². The second kappa shape index (κ2) is 10.5. The normalized spacial score (nSPS) is 10.9. The molecule has 0 bridgehead atoms. The van der Waals surface area contributed by atoms with Crippen LogP contribution >= 0.6 is 23.4 Å². The SMILES string of the molecule is CCN(CCCNC(=O)CSc1cc(=O)n(C)c2ccc(Cl)cc12)c1ccccc1. The van der Waals surface area contributed by atoms with Crippen LogP contribution in [-0.4, -0.2) is 35.9 Å². The van der Waals surface area contributed by atoms with Gasteiger partial charge in [0.25, 0.3) is 5.56 Å². The highest BCUT2D eigenvalue weighted by Gasteiger charge is 2.10. The first-order valence-corrected chi connectivity index (χ1v) is 11.3. The second-order valence-corrected chi connectivity index (χ2v) is 8.43. The molecule has 2 aromatic carbocycles. The minimum absolute atomic E-state index is 0.0429. The minimum Gasteiger partial charge on any atom is -0.372 e. The zero-order chi connectivity index (χ0) is 21.5. The topological polar surface area (TPSA) is 54.3 Å². The molecule has 1 N–H and O–H groups in total. The van der Waals surface area contributed by atoms with Gasteiger partial charge in [-0.2, -0.15) is 0 Å². The van der Waals surface area contributed by atoms with E-state index >= 15 is 0 Å². The molecule has 3 rings (SSSR count). The van der Waals surface area contributed by atoms with E-state index in [-0.39, 0.29) is 17.2 Å².